The average Bonchev–Trinajstić information content (AvgIpc) is 2.90. The van der Waals surface area contributed by atoms with Crippen LogP contribution in [0.2, 0.25) is 0 Å². The third kappa shape index (κ3) is 2.39. The van der Waals surface area contributed by atoms with Crippen LogP contribution in [0.4, 0.5) is 0 Å². The van der Waals surface area contributed by atoms with Gasteiger partial charge in [-0.25, -0.2) is 0 Å². The quantitative estimate of drug-likeness (QED) is 0.795. The second-order valence-corrected chi connectivity index (χ2v) is 4.67. The minimum absolute atomic E-state index is 0.0337. The van der Waals surface area contributed by atoms with E-state index in [0.717, 1.165) is 5.56 Å². The van der Waals surface area contributed by atoms with E-state index < -0.39 is 0 Å². The van der Waals surface area contributed by atoms with Crippen molar-refractivity contribution in [3.63, 3.8) is 0 Å². The molecule has 0 aromatic carbocycles. The third-order valence-corrected chi connectivity index (χ3v) is 3.44. The van der Waals surface area contributed by atoms with E-state index in [-0.39, 0.29) is 17.9 Å². The maximum atomic E-state index is 12.0. The number of ether oxygens (including phenoxy) is 1. The lowest BCUT2D eigenvalue weighted by Crippen LogP contribution is -2.33. The fourth-order valence-electron chi connectivity index (χ4n) is 2.57. The lowest BCUT2D eigenvalue weighted by molar-refractivity contribution is -0.129. The zero-order valence-electron chi connectivity index (χ0n) is 10.9. The van der Waals surface area contributed by atoms with Crippen molar-refractivity contribution in [3.8, 4) is 0 Å². The molecule has 1 aliphatic rings. The molecular weight excluding hydrogens is 232 g/mol. The largest absolute Gasteiger partial charge is 0.383 e. The molecule has 1 aromatic rings. The Balaban J connectivity index is 2.22. The molecule has 6 nitrogen and oxygen atoms in total. The molecule has 0 aliphatic carbocycles. The monoisotopic (exact) mass is 252 g/mol. The molecule has 18 heavy (non-hydrogen) atoms. The number of amides is 1. The van der Waals surface area contributed by atoms with Gasteiger partial charge in [-0.15, -0.1) is 0 Å². The highest BCUT2D eigenvalue weighted by atomic mass is 16.5. The molecule has 2 heterocycles. The summed E-state index contributed by atoms with van der Waals surface area (Å²) < 4.78 is 6.81. The van der Waals surface area contributed by atoms with Gasteiger partial charge in [-0.2, -0.15) is 5.10 Å². The molecule has 1 aliphatic heterocycles. The van der Waals surface area contributed by atoms with Crippen LogP contribution in [-0.4, -0.2) is 47.4 Å². The lowest BCUT2D eigenvalue weighted by atomic mass is 9.96. The summed E-state index contributed by atoms with van der Waals surface area (Å²) in [7, 11) is 3.51. The normalized spacial score (nSPS) is 23.9. The number of hydrogen-bond donors (Lipinski definition) is 1. The maximum Gasteiger partial charge on any atom is 0.223 e. The number of rotatable bonds is 5. The number of aryl methyl sites for hydroxylation is 1. The SMILES string of the molecule is COCCN1C(=O)CC(CN)C1c1cnn(C)c1. The van der Waals surface area contributed by atoms with Crippen LogP contribution >= 0.6 is 0 Å². The van der Waals surface area contributed by atoms with Crippen molar-refractivity contribution in [2.24, 2.45) is 18.7 Å². The zero-order chi connectivity index (χ0) is 13.1. The molecule has 1 fully saturated rings. The Morgan fingerprint density at radius 2 is 2.39 bits per heavy atom. The molecule has 2 N–H and O–H groups in total. The molecule has 0 bridgehead atoms. The molecule has 0 radical (unpaired) electrons. The first kappa shape index (κ1) is 13.0. The number of aromatic nitrogens is 2. The van der Waals surface area contributed by atoms with Gasteiger partial charge in [0.05, 0.1) is 18.8 Å². The van der Waals surface area contributed by atoms with Crippen molar-refractivity contribution in [2.45, 2.75) is 12.5 Å². The van der Waals surface area contributed by atoms with Gasteiger partial charge in [0.25, 0.3) is 0 Å². The van der Waals surface area contributed by atoms with Crippen molar-refractivity contribution >= 4 is 5.91 Å². The minimum Gasteiger partial charge on any atom is -0.383 e. The summed E-state index contributed by atoms with van der Waals surface area (Å²) in [5.74, 6) is 0.315. The zero-order valence-corrected chi connectivity index (χ0v) is 10.9. The van der Waals surface area contributed by atoms with E-state index in [1.54, 1.807) is 11.8 Å². The highest BCUT2D eigenvalue weighted by Crippen LogP contribution is 2.36. The lowest BCUT2D eigenvalue weighted by Gasteiger charge is -2.26. The maximum absolute atomic E-state index is 12.0. The molecule has 2 unspecified atom stereocenters. The van der Waals surface area contributed by atoms with Crippen LogP contribution in [0.1, 0.15) is 18.0 Å². The number of carbonyl (C=O) groups excluding carboxylic acids is 1. The van der Waals surface area contributed by atoms with Crippen LogP contribution in [0.15, 0.2) is 12.4 Å². The highest BCUT2D eigenvalue weighted by Gasteiger charge is 2.40. The minimum atomic E-state index is 0.0337. The Morgan fingerprint density at radius 3 is 2.94 bits per heavy atom. The first-order valence-corrected chi connectivity index (χ1v) is 6.14. The molecule has 2 rings (SSSR count). The summed E-state index contributed by atoms with van der Waals surface area (Å²) in [4.78, 5) is 13.9. The van der Waals surface area contributed by atoms with Crippen LogP contribution in [-0.2, 0) is 16.6 Å². The summed E-state index contributed by atoms with van der Waals surface area (Å²) in [5.41, 5.74) is 6.83. The number of nitrogens with two attached hydrogens (primary N) is 1. The highest BCUT2D eigenvalue weighted by molar-refractivity contribution is 5.79. The predicted octanol–water partition coefficient (Wildman–Crippen LogP) is -0.0852. The van der Waals surface area contributed by atoms with Crippen LogP contribution in [0.3, 0.4) is 0 Å². The Morgan fingerprint density at radius 1 is 1.61 bits per heavy atom. The van der Waals surface area contributed by atoms with Gasteiger partial charge in [-0.3, -0.25) is 9.48 Å². The second kappa shape index (κ2) is 5.49. The van der Waals surface area contributed by atoms with E-state index >= 15 is 0 Å². The van der Waals surface area contributed by atoms with Gasteiger partial charge in [-0.05, 0) is 6.54 Å². The summed E-state index contributed by atoms with van der Waals surface area (Å²) in [6.07, 6.45) is 4.28. The van der Waals surface area contributed by atoms with E-state index in [4.69, 9.17) is 10.5 Å². The Labute approximate surface area is 107 Å². The van der Waals surface area contributed by atoms with Crippen molar-refractivity contribution in [1.29, 1.82) is 0 Å². The van der Waals surface area contributed by atoms with Gasteiger partial charge < -0.3 is 15.4 Å². The molecule has 1 saturated heterocycles. The molecule has 0 saturated carbocycles. The molecule has 100 valence electrons. The molecule has 1 amide bonds. The van der Waals surface area contributed by atoms with Crippen LogP contribution < -0.4 is 5.73 Å². The predicted molar refractivity (Wildman–Crippen MR) is 66.7 cm³/mol. The van der Waals surface area contributed by atoms with E-state index in [0.29, 0.717) is 26.1 Å². The van der Waals surface area contributed by atoms with E-state index in [1.165, 1.54) is 0 Å². The van der Waals surface area contributed by atoms with Crippen LogP contribution in [0.5, 0.6) is 0 Å². The molecule has 0 spiro atoms. The van der Waals surface area contributed by atoms with Gasteiger partial charge in [0.2, 0.25) is 5.91 Å². The molecule has 6 heteroatoms. The van der Waals surface area contributed by atoms with Gasteiger partial charge in [0, 0.05) is 44.8 Å². The third-order valence-electron chi connectivity index (χ3n) is 3.44. The first-order valence-electron chi connectivity index (χ1n) is 6.14. The fraction of sp³-hybridized carbons (Fsp3) is 0.667. The Kier molecular flexibility index (Phi) is 3.98. The molecular formula is C12H20N4O2. The summed E-state index contributed by atoms with van der Waals surface area (Å²) in [5, 5.41) is 4.18. The number of carbonyl (C=O) groups is 1. The average molecular weight is 252 g/mol. The van der Waals surface area contributed by atoms with Gasteiger partial charge in [-0.1, -0.05) is 0 Å². The number of methoxy groups -OCH3 is 1. The Hall–Kier alpha value is -1.40. The fourth-order valence-corrected chi connectivity index (χ4v) is 2.57. The van der Waals surface area contributed by atoms with E-state index in [9.17, 15) is 4.79 Å². The standard InChI is InChI=1S/C12H20N4O2/c1-15-8-10(7-14-15)12-9(6-13)5-11(17)16(12)3-4-18-2/h7-9,12H,3-6,13H2,1-2H3. The van der Waals surface area contributed by atoms with Crippen LogP contribution in [0.25, 0.3) is 0 Å². The van der Waals surface area contributed by atoms with Crippen molar-refractivity contribution in [1.82, 2.24) is 14.7 Å². The molecule has 1 aromatic heterocycles. The van der Waals surface area contributed by atoms with Crippen molar-refractivity contribution in [3.05, 3.63) is 18.0 Å². The van der Waals surface area contributed by atoms with Gasteiger partial charge in [0.15, 0.2) is 0 Å². The number of hydrogen-bond acceptors (Lipinski definition) is 4. The van der Waals surface area contributed by atoms with E-state index in [1.807, 2.05) is 24.3 Å². The van der Waals surface area contributed by atoms with Crippen LogP contribution in [0, 0.1) is 5.92 Å². The second-order valence-electron chi connectivity index (χ2n) is 4.67. The van der Waals surface area contributed by atoms with Crippen molar-refractivity contribution in [2.75, 3.05) is 26.8 Å². The molecule has 2 atom stereocenters. The summed E-state index contributed by atoms with van der Waals surface area (Å²) in [6.45, 7) is 1.65. The summed E-state index contributed by atoms with van der Waals surface area (Å²) in [6, 6.07) is 0.0337. The number of nitrogens with zero attached hydrogens (tertiary/aromatic N) is 3. The van der Waals surface area contributed by atoms with Gasteiger partial charge >= 0.3 is 0 Å². The first-order chi connectivity index (χ1) is 8.67. The Bertz CT molecular complexity index is 418. The van der Waals surface area contributed by atoms with E-state index in [2.05, 4.69) is 5.10 Å². The smallest absolute Gasteiger partial charge is 0.223 e. The number of likely N-dealkylation sites (tertiary alicyclic amines) is 1. The van der Waals surface area contributed by atoms with Crippen molar-refractivity contribution < 1.29 is 9.53 Å². The topological polar surface area (TPSA) is 73.4 Å². The summed E-state index contributed by atoms with van der Waals surface area (Å²) >= 11 is 0. The van der Waals surface area contributed by atoms with Gasteiger partial charge in [0.1, 0.15) is 0 Å².